The first-order valence-corrected chi connectivity index (χ1v) is 7.01. The van der Waals surface area contributed by atoms with Gasteiger partial charge in [0.15, 0.2) is 0 Å². The van der Waals surface area contributed by atoms with Crippen LogP contribution in [0.3, 0.4) is 0 Å². The molecule has 0 unspecified atom stereocenters. The Morgan fingerprint density at radius 2 is 2.07 bits per heavy atom. The zero-order valence-electron chi connectivity index (χ0n) is 9.37. The predicted octanol–water partition coefficient (Wildman–Crippen LogP) is 3.13. The fraction of sp³-hybridized carbons (Fsp3) is 0.900. The van der Waals surface area contributed by atoms with Gasteiger partial charge in [0, 0.05) is 5.25 Å². The molecule has 0 N–H and O–H groups in total. The van der Waals surface area contributed by atoms with Crippen LogP contribution in [0.15, 0.2) is 0 Å². The highest BCUT2D eigenvalue weighted by Gasteiger charge is 2.44. The van der Waals surface area contributed by atoms with Gasteiger partial charge in [0.05, 0.1) is 10.6 Å². The third-order valence-corrected chi connectivity index (χ3v) is 5.47. The SMILES string of the molecule is CCC1(CC)SCC(=O)N1SC(C)C. The normalized spacial score (nSPS) is 20.9. The van der Waals surface area contributed by atoms with Crippen LogP contribution < -0.4 is 0 Å². The maximum absolute atomic E-state index is 11.7. The van der Waals surface area contributed by atoms with Crippen LogP contribution in [-0.2, 0) is 4.79 Å². The molecular formula is C10H19NOS2. The van der Waals surface area contributed by atoms with Crippen LogP contribution >= 0.6 is 23.7 Å². The molecule has 0 aromatic carbocycles. The minimum Gasteiger partial charge on any atom is -0.273 e. The van der Waals surface area contributed by atoms with E-state index >= 15 is 0 Å². The van der Waals surface area contributed by atoms with Crippen LogP contribution in [0.25, 0.3) is 0 Å². The lowest BCUT2D eigenvalue weighted by atomic mass is 10.1. The summed E-state index contributed by atoms with van der Waals surface area (Å²) in [5.41, 5.74) is 0. The van der Waals surface area contributed by atoms with E-state index in [0.29, 0.717) is 11.0 Å². The van der Waals surface area contributed by atoms with E-state index in [1.54, 1.807) is 23.7 Å². The highest BCUT2D eigenvalue weighted by molar-refractivity contribution is 8.04. The lowest BCUT2D eigenvalue weighted by molar-refractivity contribution is -0.124. The quantitative estimate of drug-likeness (QED) is 0.696. The Morgan fingerprint density at radius 3 is 2.50 bits per heavy atom. The first kappa shape index (κ1) is 12.2. The molecule has 0 bridgehead atoms. The number of nitrogens with zero attached hydrogens (tertiary/aromatic N) is 1. The topological polar surface area (TPSA) is 20.3 Å². The second-order valence-electron chi connectivity index (χ2n) is 3.78. The molecular weight excluding hydrogens is 214 g/mol. The molecule has 1 aliphatic heterocycles. The summed E-state index contributed by atoms with van der Waals surface area (Å²) in [5, 5.41) is 0.482. The Morgan fingerprint density at radius 1 is 1.50 bits per heavy atom. The van der Waals surface area contributed by atoms with Crippen LogP contribution in [0.5, 0.6) is 0 Å². The van der Waals surface area contributed by atoms with Crippen molar-refractivity contribution in [1.82, 2.24) is 4.31 Å². The van der Waals surface area contributed by atoms with Gasteiger partial charge in [0.1, 0.15) is 0 Å². The molecule has 0 aliphatic carbocycles. The number of hydrogen-bond donors (Lipinski definition) is 0. The number of amides is 1. The number of carbonyl (C=O) groups is 1. The molecule has 14 heavy (non-hydrogen) atoms. The largest absolute Gasteiger partial charge is 0.273 e. The van der Waals surface area contributed by atoms with Crippen molar-refractivity contribution in [2.24, 2.45) is 0 Å². The maximum atomic E-state index is 11.7. The Hall–Kier alpha value is 0.170. The molecule has 1 fully saturated rings. The first-order valence-electron chi connectivity index (χ1n) is 5.19. The Kier molecular flexibility index (Phi) is 4.19. The van der Waals surface area contributed by atoms with E-state index < -0.39 is 0 Å². The van der Waals surface area contributed by atoms with Crippen LogP contribution in [-0.4, -0.2) is 26.1 Å². The van der Waals surface area contributed by atoms with Crippen LogP contribution in [0.1, 0.15) is 40.5 Å². The number of rotatable bonds is 4. The van der Waals surface area contributed by atoms with Gasteiger partial charge in [-0.2, -0.15) is 0 Å². The van der Waals surface area contributed by atoms with Crippen molar-refractivity contribution in [3.63, 3.8) is 0 Å². The third kappa shape index (κ3) is 2.22. The molecule has 0 atom stereocenters. The van der Waals surface area contributed by atoms with Gasteiger partial charge < -0.3 is 0 Å². The maximum Gasteiger partial charge on any atom is 0.243 e. The van der Waals surface area contributed by atoms with E-state index in [-0.39, 0.29) is 10.8 Å². The van der Waals surface area contributed by atoms with E-state index in [4.69, 9.17) is 0 Å². The van der Waals surface area contributed by atoms with Crippen molar-refractivity contribution < 1.29 is 4.79 Å². The Labute approximate surface area is 95.3 Å². The standard InChI is InChI=1S/C10H19NOS2/c1-5-10(6-2)11(14-8(3)4)9(12)7-13-10/h8H,5-7H2,1-4H3. The van der Waals surface area contributed by atoms with Crippen LogP contribution in [0, 0.1) is 0 Å². The minimum atomic E-state index is 0.0615. The monoisotopic (exact) mass is 233 g/mol. The van der Waals surface area contributed by atoms with Crippen molar-refractivity contribution in [3.8, 4) is 0 Å². The van der Waals surface area contributed by atoms with E-state index in [1.807, 2.05) is 4.31 Å². The van der Waals surface area contributed by atoms with Gasteiger partial charge in [0.25, 0.3) is 0 Å². The summed E-state index contributed by atoms with van der Waals surface area (Å²) < 4.78 is 2.02. The van der Waals surface area contributed by atoms with Crippen molar-refractivity contribution in [2.45, 2.75) is 50.7 Å². The van der Waals surface area contributed by atoms with Crippen LogP contribution in [0.4, 0.5) is 0 Å². The van der Waals surface area contributed by atoms with E-state index in [1.165, 1.54) is 0 Å². The molecule has 1 saturated heterocycles. The lowest BCUT2D eigenvalue weighted by Crippen LogP contribution is -2.39. The Bertz CT molecular complexity index is 214. The molecule has 2 nitrogen and oxygen atoms in total. The summed E-state index contributed by atoms with van der Waals surface area (Å²) in [7, 11) is 0. The molecule has 0 saturated carbocycles. The summed E-state index contributed by atoms with van der Waals surface area (Å²) >= 11 is 3.49. The number of carbonyl (C=O) groups excluding carboxylic acids is 1. The minimum absolute atomic E-state index is 0.0615. The van der Waals surface area contributed by atoms with Gasteiger partial charge in [-0.05, 0) is 24.8 Å². The lowest BCUT2D eigenvalue weighted by Gasteiger charge is -2.35. The van der Waals surface area contributed by atoms with E-state index in [2.05, 4.69) is 27.7 Å². The van der Waals surface area contributed by atoms with Gasteiger partial charge in [0.2, 0.25) is 5.91 Å². The third-order valence-electron chi connectivity index (χ3n) is 2.48. The van der Waals surface area contributed by atoms with Crippen molar-refractivity contribution in [1.29, 1.82) is 0 Å². The van der Waals surface area contributed by atoms with E-state index in [9.17, 15) is 4.79 Å². The molecule has 1 heterocycles. The average molecular weight is 233 g/mol. The molecule has 0 aromatic rings. The second-order valence-corrected chi connectivity index (χ2v) is 6.64. The summed E-state index contributed by atoms with van der Waals surface area (Å²) in [5.74, 6) is 0.943. The summed E-state index contributed by atoms with van der Waals surface area (Å²) in [6.07, 6.45) is 2.08. The van der Waals surface area contributed by atoms with Gasteiger partial charge >= 0.3 is 0 Å². The zero-order chi connectivity index (χ0) is 10.8. The highest BCUT2D eigenvalue weighted by Crippen LogP contribution is 2.46. The van der Waals surface area contributed by atoms with Crippen molar-refractivity contribution in [2.75, 3.05) is 5.75 Å². The highest BCUT2D eigenvalue weighted by atomic mass is 32.2. The molecule has 0 aromatic heterocycles. The number of thioether (sulfide) groups is 1. The van der Waals surface area contributed by atoms with Gasteiger partial charge in [-0.3, -0.25) is 9.10 Å². The molecule has 1 rings (SSSR count). The predicted molar refractivity (Wildman–Crippen MR) is 65.3 cm³/mol. The summed E-state index contributed by atoms with van der Waals surface area (Å²) in [6, 6.07) is 0. The molecule has 82 valence electrons. The first-order chi connectivity index (χ1) is 6.55. The van der Waals surface area contributed by atoms with Crippen LogP contribution in [0.2, 0.25) is 0 Å². The molecule has 0 radical (unpaired) electrons. The summed E-state index contributed by atoms with van der Waals surface area (Å²) in [6.45, 7) is 8.61. The van der Waals surface area contributed by atoms with Gasteiger partial charge in [-0.25, -0.2) is 0 Å². The van der Waals surface area contributed by atoms with Gasteiger partial charge in [-0.15, -0.1) is 11.8 Å². The average Bonchev–Trinajstić information content (AvgIpc) is 2.45. The van der Waals surface area contributed by atoms with Crippen molar-refractivity contribution >= 4 is 29.6 Å². The molecule has 1 amide bonds. The fourth-order valence-electron chi connectivity index (χ4n) is 1.65. The van der Waals surface area contributed by atoms with E-state index in [0.717, 1.165) is 12.8 Å². The zero-order valence-corrected chi connectivity index (χ0v) is 11.0. The fourth-order valence-corrected chi connectivity index (χ4v) is 4.22. The summed E-state index contributed by atoms with van der Waals surface area (Å²) in [4.78, 5) is 11.8. The molecule has 1 aliphatic rings. The molecule has 0 spiro atoms. The second kappa shape index (κ2) is 4.79. The molecule has 4 heteroatoms. The smallest absolute Gasteiger partial charge is 0.243 e. The van der Waals surface area contributed by atoms with Crippen molar-refractivity contribution in [3.05, 3.63) is 0 Å². The van der Waals surface area contributed by atoms with Gasteiger partial charge in [-0.1, -0.05) is 27.7 Å². The Balaban J connectivity index is 2.79. The number of hydrogen-bond acceptors (Lipinski definition) is 3.